The van der Waals surface area contributed by atoms with E-state index in [9.17, 15) is 14.7 Å². The summed E-state index contributed by atoms with van der Waals surface area (Å²) in [7, 11) is 1.31. The topological polar surface area (TPSA) is 102 Å². The number of nitrogen functional groups attached to an aromatic ring is 1. The lowest BCUT2D eigenvalue weighted by Crippen LogP contribution is -2.30. The van der Waals surface area contributed by atoms with E-state index in [2.05, 4.69) is 5.32 Å². The van der Waals surface area contributed by atoms with Crippen LogP contribution in [-0.2, 0) is 9.53 Å². The lowest BCUT2D eigenvalue weighted by molar-refractivity contribution is -0.141. The molecule has 6 heteroatoms. The van der Waals surface area contributed by atoms with Crippen molar-refractivity contribution in [3.63, 3.8) is 0 Å². The van der Waals surface area contributed by atoms with Gasteiger partial charge in [-0.1, -0.05) is 72.8 Å². The first-order chi connectivity index (χ1) is 16.9. The van der Waals surface area contributed by atoms with Crippen molar-refractivity contribution < 1.29 is 19.4 Å². The minimum Gasteiger partial charge on any atom is -0.507 e. The molecule has 0 aliphatic rings. The summed E-state index contributed by atoms with van der Waals surface area (Å²) < 4.78 is 4.84. The van der Waals surface area contributed by atoms with Gasteiger partial charge in [-0.15, -0.1) is 0 Å². The van der Waals surface area contributed by atoms with Crippen molar-refractivity contribution in [3.05, 3.63) is 108 Å². The molecule has 0 aliphatic carbocycles. The molecule has 176 valence electrons. The summed E-state index contributed by atoms with van der Waals surface area (Å²) in [6.07, 6.45) is -0.0503. The molecular weight excluding hydrogens is 440 g/mol. The molecule has 0 fully saturated rings. The second-order valence-electron chi connectivity index (χ2n) is 8.15. The van der Waals surface area contributed by atoms with Gasteiger partial charge in [0.1, 0.15) is 5.75 Å². The molecule has 1 unspecified atom stereocenters. The molecule has 0 heterocycles. The van der Waals surface area contributed by atoms with Gasteiger partial charge in [-0.3, -0.25) is 9.59 Å². The number of amides is 1. The first kappa shape index (κ1) is 23.6. The zero-order valence-electron chi connectivity index (χ0n) is 19.3. The summed E-state index contributed by atoms with van der Waals surface area (Å²) in [6.45, 7) is 0. The molecule has 0 aromatic heterocycles. The van der Waals surface area contributed by atoms with E-state index in [4.69, 9.17) is 10.5 Å². The van der Waals surface area contributed by atoms with Crippen molar-refractivity contribution in [2.24, 2.45) is 0 Å². The minimum atomic E-state index is -0.639. The number of nitrogens with one attached hydrogen (secondary N) is 1. The largest absolute Gasteiger partial charge is 0.507 e. The van der Waals surface area contributed by atoms with Crippen molar-refractivity contribution >= 4 is 17.6 Å². The van der Waals surface area contributed by atoms with E-state index in [1.54, 1.807) is 24.3 Å². The average molecular weight is 467 g/mol. The maximum atomic E-state index is 13.2. The molecule has 4 rings (SSSR count). The summed E-state index contributed by atoms with van der Waals surface area (Å²) in [5.74, 6) is -1.11. The fraction of sp³-hybridized carbons (Fsp3) is 0.103. The Bertz CT molecular complexity index is 1320. The summed E-state index contributed by atoms with van der Waals surface area (Å²) in [5, 5.41) is 13.3. The van der Waals surface area contributed by atoms with Gasteiger partial charge in [0.2, 0.25) is 0 Å². The van der Waals surface area contributed by atoms with E-state index in [1.165, 1.54) is 13.2 Å². The molecule has 0 saturated heterocycles. The highest BCUT2D eigenvalue weighted by molar-refractivity contribution is 5.98. The third-order valence-electron chi connectivity index (χ3n) is 5.81. The van der Waals surface area contributed by atoms with Gasteiger partial charge in [-0.2, -0.15) is 0 Å². The summed E-state index contributed by atoms with van der Waals surface area (Å²) in [4.78, 5) is 25.3. The van der Waals surface area contributed by atoms with Gasteiger partial charge in [0.15, 0.2) is 0 Å². The number of hydrogen-bond donors (Lipinski definition) is 3. The third-order valence-corrected chi connectivity index (χ3v) is 5.81. The predicted octanol–water partition coefficient (Wildman–Crippen LogP) is 5.34. The van der Waals surface area contributed by atoms with Gasteiger partial charge < -0.3 is 20.9 Å². The second-order valence-corrected chi connectivity index (χ2v) is 8.15. The number of ether oxygens (including phenoxy) is 1. The third kappa shape index (κ3) is 5.68. The van der Waals surface area contributed by atoms with Gasteiger partial charge >= 0.3 is 5.97 Å². The van der Waals surface area contributed by atoms with Crippen LogP contribution in [0, 0.1) is 0 Å². The highest BCUT2D eigenvalue weighted by atomic mass is 16.5. The number of carbonyl (C=O) groups is 2. The van der Waals surface area contributed by atoms with Crippen LogP contribution in [-0.4, -0.2) is 24.1 Å². The number of esters is 1. The molecule has 6 nitrogen and oxygen atoms in total. The number of rotatable bonds is 7. The molecule has 4 aromatic rings. The molecule has 0 aliphatic heterocycles. The average Bonchev–Trinajstić information content (AvgIpc) is 2.89. The Hall–Kier alpha value is -4.58. The van der Waals surface area contributed by atoms with E-state index < -0.39 is 17.9 Å². The first-order valence-corrected chi connectivity index (χ1v) is 11.2. The Morgan fingerprint density at radius 3 is 2.06 bits per heavy atom. The maximum absolute atomic E-state index is 13.2. The maximum Gasteiger partial charge on any atom is 0.307 e. The SMILES string of the molecule is COC(=O)CC(NC(=O)c1cc(-c2ccc(N)cc2)ccc1O)c1ccc(-c2ccccc2)cc1. The normalized spacial score (nSPS) is 11.5. The molecule has 0 bridgehead atoms. The van der Waals surface area contributed by atoms with Crippen LogP contribution < -0.4 is 11.1 Å². The Kier molecular flexibility index (Phi) is 7.12. The number of phenols is 1. The first-order valence-electron chi connectivity index (χ1n) is 11.2. The molecule has 0 radical (unpaired) electrons. The Morgan fingerprint density at radius 2 is 1.40 bits per heavy atom. The Labute approximate surface area is 204 Å². The van der Waals surface area contributed by atoms with Crippen LogP contribution in [0.15, 0.2) is 97.1 Å². The zero-order chi connectivity index (χ0) is 24.8. The molecule has 1 atom stereocenters. The highest BCUT2D eigenvalue weighted by Gasteiger charge is 2.22. The second kappa shape index (κ2) is 10.6. The van der Waals surface area contributed by atoms with E-state index in [0.717, 1.165) is 27.8 Å². The predicted molar refractivity (Wildman–Crippen MR) is 137 cm³/mol. The quantitative estimate of drug-likeness (QED) is 0.252. The van der Waals surface area contributed by atoms with E-state index >= 15 is 0 Å². The fourth-order valence-corrected chi connectivity index (χ4v) is 3.85. The van der Waals surface area contributed by atoms with Gasteiger partial charge in [0, 0.05) is 5.69 Å². The van der Waals surface area contributed by atoms with Crippen LogP contribution in [0.2, 0.25) is 0 Å². The smallest absolute Gasteiger partial charge is 0.307 e. The van der Waals surface area contributed by atoms with Crippen LogP contribution in [0.1, 0.15) is 28.4 Å². The lowest BCUT2D eigenvalue weighted by atomic mass is 9.98. The minimum absolute atomic E-state index is 0.0503. The number of hydrogen-bond acceptors (Lipinski definition) is 5. The van der Waals surface area contributed by atoms with Crippen LogP contribution in [0.4, 0.5) is 5.69 Å². The van der Waals surface area contributed by atoms with Gasteiger partial charge in [0.05, 0.1) is 25.1 Å². The summed E-state index contributed by atoms with van der Waals surface area (Å²) in [6, 6.07) is 29.0. The van der Waals surface area contributed by atoms with E-state index in [1.807, 2.05) is 66.7 Å². The number of phenolic OH excluding ortho intramolecular Hbond substituents is 1. The van der Waals surface area contributed by atoms with Crippen molar-refractivity contribution in [2.45, 2.75) is 12.5 Å². The number of methoxy groups -OCH3 is 1. The van der Waals surface area contributed by atoms with Crippen LogP contribution in [0.25, 0.3) is 22.3 Å². The number of anilines is 1. The van der Waals surface area contributed by atoms with Gasteiger partial charge in [-0.25, -0.2) is 0 Å². The zero-order valence-corrected chi connectivity index (χ0v) is 19.3. The van der Waals surface area contributed by atoms with Crippen LogP contribution in [0.5, 0.6) is 5.75 Å². The van der Waals surface area contributed by atoms with Crippen molar-refractivity contribution in [2.75, 3.05) is 12.8 Å². The fourth-order valence-electron chi connectivity index (χ4n) is 3.85. The Balaban J connectivity index is 1.60. The number of aromatic hydroxyl groups is 1. The van der Waals surface area contributed by atoms with Crippen molar-refractivity contribution in [3.8, 4) is 28.0 Å². The summed E-state index contributed by atoms with van der Waals surface area (Å²) in [5.41, 5.74) is 11.0. The van der Waals surface area contributed by atoms with E-state index in [0.29, 0.717) is 5.69 Å². The number of nitrogens with two attached hydrogens (primary N) is 1. The van der Waals surface area contributed by atoms with Crippen molar-refractivity contribution in [1.29, 1.82) is 0 Å². The number of carbonyl (C=O) groups excluding carboxylic acids is 2. The molecule has 35 heavy (non-hydrogen) atoms. The molecule has 0 saturated carbocycles. The van der Waals surface area contributed by atoms with E-state index in [-0.39, 0.29) is 17.7 Å². The molecule has 1 amide bonds. The number of benzene rings is 4. The molecule has 4 aromatic carbocycles. The van der Waals surface area contributed by atoms with Crippen LogP contribution >= 0.6 is 0 Å². The molecular formula is C29H26N2O4. The van der Waals surface area contributed by atoms with Gasteiger partial charge in [0.25, 0.3) is 5.91 Å². The van der Waals surface area contributed by atoms with Crippen LogP contribution in [0.3, 0.4) is 0 Å². The molecule has 0 spiro atoms. The highest BCUT2D eigenvalue weighted by Crippen LogP contribution is 2.28. The monoisotopic (exact) mass is 466 g/mol. The summed E-state index contributed by atoms with van der Waals surface area (Å²) >= 11 is 0. The lowest BCUT2D eigenvalue weighted by Gasteiger charge is -2.19. The van der Waals surface area contributed by atoms with Gasteiger partial charge in [-0.05, 0) is 52.1 Å². The van der Waals surface area contributed by atoms with Crippen molar-refractivity contribution in [1.82, 2.24) is 5.32 Å². The standard InChI is InChI=1S/C29H26N2O4/c1-35-28(33)18-26(22-9-7-20(8-10-22)19-5-3-2-4-6-19)31-29(34)25-17-23(13-16-27(25)32)21-11-14-24(30)15-12-21/h2-17,26,32H,18,30H2,1H3,(H,31,34). The molecule has 4 N–H and O–H groups in total. The Morgan fingerprint density at radius 1 is 0.829 bits per heavy atom.